The Morgan fingerprint density at radius 3 is 2.68 bits per heavy atom. The van der Waals surface area contributed by atoms with Crippen molar-refractivity contribution in [2.45, 2.75) is 43.6 Å². The van der Waals surface area contributed by atoms with E-state index in [1.807, 2.05) is 0 Å². The zero-order valence-electron chi connectivity index (χ0n) is 19.6. The molecular weight excluding hydrogens is 508 g/mol. The van der Waals surface area contributed by atoms with Gasteiger partial charge in [0.2, 0.25) is 10.0 Å². The molecule has 3 heterocycles. The SMILES string of the molecule is O=C1C(=O)N(Cc2ccc(F)cc2)c2ccc(S(=O)(=O)N3CCC[C@H]3COCc3nn[nH]c3CF)cc21. The Morgan fingerprint density at radius 1 is 1.14 bits per heavy atom. The van der Waals surface area contributed by atoms with Crippen LogP contribution < -0.4 is 4.90 Å². The summed E-state index contributed by atoms with van der Waals surface area (Å²) in [7, 11) is -3.99. The van der Waals surface area contributed by atoms with Crippen molar-refractivity contribution in [1.29, 1.82) is 0 Å². The molecule has 1 saturated heterocycles. The number of carbonyl (C=O) groups excluding carboxylic acids is 2. The first-order valence-electron chi connectivity index (χ1n) is 11.6. The van der Waals surface area contributed by atoms with E-state index in [9.17, 15) is 26.8 Å². The maximum Gasteiger partial charge on any atom is 0.299 e. The number of amides is 1. The highest BCUT2D eigenvalue weighted by Crippen LogP contribution is 2.34. The highest BCUT2D eigenvalue weighted by molar-refractivity contribution is 7.89. The van der Waals surface area contributed by atoms with Crippen molar-refractivity contribution in [1.82, 2.24) is 19.7 Å². The van der Waals surface area contributed by atoms with Gasteiger partial charge in [0.1, 0.15) is 18.2 Å². The van der Waals surface area contributed by atoms with E-state index in [4.69, 9.17) is 4.74 Å². The summed E-state index contributed by atoms with van der Waals surface area (Å²) in [5, 5.41) is 9.75. The number of alkyl halides is 1. The molecule has 2 aliphatic rings. The van der Waals surface area contributed by atoms with Crippen LogP contribution in [0.5, 0.6) is 0 Å². The van der Waals surface area contributed by atoms with Gasteiger partial charge in [-0.2, -0.15) is 4.31 Å². The van der Waals surface area contributed by atoms with Crippen LogP contribution in [0.15, 0.2) is 47.4 Å². The molecule has 0 unspecified atom stereocenters. The molecule has 1 amide bonds. The van der Waals surface area contributed by atoms with E-state index in [1.165, 1.54) is 51.7 Å². The van der Waals surface area contributed by atoms with Gasteiger partial charge in [-0.3, -0.25) is 14.7 Å². The van der Waals surface area contributed by atoms with E-state index in [0.717, 1.165) is 0 Å². The monoisotopic (exact) mass is 531 g/mol. The summed E-state index contributed by atoms with van der Waals surface area (Å²) in [5.74, 6) is -2.00. The predicted octanol–water partition coefficient (Wildman–Crippen LogP) is 2.51. The lowest BCUT2D eigenvalue weighted by molar-refractivity contribution is -0.114. The first-order valence-corrected chi connectivity index (χ1v) is 13.0. The number of carbonyl (C=O) groups is 2. The number of aromatic amines is 1. The van der Waals surface area contributed by atoms with E-state index >= 15 is 0 Å². The summed E-state index contributed by atoms with van der Waals surface area (Å²) < 4.78 is 60.1. The normalized spacial score (nSPS) is 18.1. The lowest BCUT2D eigenvalue weighted by Crippen LogP contribution is -2.38. The molecule has 0 bridgehead atoms. The number of hydrogen-bond donors (Lipinski definition) is 1. The lowest BCUT2D eigenvalue weighted by atomic mass is 10.1. The van der Waals surface area contributed by atoms with Crippen LogP contribution in [0.4, 0.5) is 14.5 Å². The maximum atomic E-state index is 13.5. The third-order valence-electron chi connectivity index (χ3n) is 6.51. The van der Waals surface area contributed by atoms with Gasteiger partial charge in [0.25, 0.3) is 11.7 Å². The number of benzene rings is 2. The minimum absolute atomic E-state index is 0.00460. The zero-order valence-corrected chi connectivity index (χ0v) is 20.4. The van der Waals surface area contributed by atoms with Gasteiger partial charge in [0.05, 0.1) is 41.6 Å². The Bertz CT molecular complexity index is 1440. The summed E-state index contributed by atoms with van der Waals surface area (Å²) in [5.41, 5.74) is 1.46. The molecule has 2 aromatic carbocycles. The van der Waals surface area contributed by atoms with Gasteiger partial charge < -0.3 is 9.64 Å². The van der Waals surface area contributed by atoms with Crippen molar-refractivity contribution >= 4 is 27.4 Å². The summed E-state index contributed by atoms with van der Waals surface area (Å²) >= 11 is 0. The number of H-pyrrole nitrogens is 1. The summed E-state index contributed by atoms with van der Waals surface area (Å²) in [6, 6.07) is 9.14. The van der Waals surface area contributed by atoms with Crippen molar-refractivity contribution in [2.75, 3.05) is 18.1 Å². The highest BCUT2D eigenvalue weighted by Gasteiger charge is 2.39. The molecule has 2 aliphatic heterocycles. The second-order valence-electron chi connectivity index (χ2n) is 8.82. The first-order chi connectivity index (χ1) is 17.8. The van der Waals surface area contributed by atoms with Crippen LogP contribution in [0, 0.1) is 5.82 Å². The summed E-state index contributed by atoms with van der Waals surface area (Å²) in [6.07, 6.45) is 1.20. The van der Waals surface area contributed by atoms with E-state index < -0.39 is 40.2 Å². The van der Waals surface area contributed by atoms with Gasteiger partial charge >= 0.3 is 0 Å². The molecule has 0 spiro atoms. The second kappa shape index (κ2) is 10.1. The van der Waals surface area contributed by atoms with Crippen LogP contribution in [0.25, 0.3) is 0 Å². The van der Waals surface area contributed by atoms with Gasteiger partial charge in [-0.05, 0) is 48.7 Å². The van der Waals surface area contributed by atoms with Crippen LogP contribution >= 0.6 is 0 Å². The number of fused-ring (bicyclic) bond motifs is 1. The Hall–Kier alpha value is -3.55. The second-order valence-corrected chi connectivity index (χ2v) is 10.7. The first kappa shape index (κ1) is 25.1. The number of sulfonamides is 1. The van der Waals surface area contributed by atoms with Crippen molar-refractivity contribution in [2.24, 2.45) is 0 Å². The number of ketones is 1. The number of hydrogen-bond acceptors (Lipinski definition) is 7. The molecule has 1 aromatic heterocycles. The molecule has 3 aromatic rings. The highest BCUT2D eigenvalue weighted by atomic mass is 32.2. The van der Waals surface area contributed by atoms with Crippen LogP contribution in [0.1, 0.15) is 40.2 Å². The fourth-order valence-corrected chi connectivity index (χ4v) is 6.29. The van der Waals surface area contributed by atoms with Crippen molar-refractivity contribution < 1.29 is 31.5 Å². The number of anilines is 1. The smallest absolute Gasteiger partial charge is 0.299 e. The largest absolute Gasteiger partial charge is 0.373 e. The predicted molar refractivity (Wildman–Crippen MR) is 126 cm³/mol. The quantitative estimate of drug-likeness (QED) is 0.421. The molecule has 10 nitrogen and oxygen atoms in total. The third-order valence-corrected chi connectivity index (χ3v) is 8.46. The van der Waals surface area contributed by atoms with Crippen molar-refractivity contribution in [3.8, 4) is 0 Å². The maximum absolute atomic E-state index is 13.5. The van der Waals surface area contributed by atoms with E-state index in [-0.39, 0.29) is 42.5 Å². The number of halogens is 2. The lowest BCUT2D eigenvalue weighted by Gasteiger charge is -2.24. The van der Waals surface area contributed by atoms with Gasteiger partial charge in [-0.15, -0.1) is 5.10 Å². The number of rotatable bonds is 9. The third kappa shape index (κ3) is 4.77. The average molecular weight is 532 g/mol. The fraction of sp³-hybridized carbons (Fsp3) is 0.333. The molecule has 0 radical (unpaired) electrons. The number of Topliss-reactive ketones (excluding diaryl/α,β-unsaturated/α-hetero) is 1. The Kier molecular flexibility index (Phi) is 6.84. The molecule has 13 heteroatoms. The number of nitrogens with zero attached hydrogens (tertiary/aromatic N) is 4. The molecule has 37 heavy (non-hydrogen) atoms. The minimum Gasteiger partial charge on any atom is -0.373 e. The standard InChI is InChI=1S/C24H23F2N5O5S/c25-11-20-21(28-29-27-20)14-36-13-17-2-1-9-31(17)37(34,35)18-7-8-22-19(10-18)23(32)24(33)30(22)12-15-3-5-16(26)6-4-15/h3-8,10,17H,1-2,9,11-14H2,(H,27,28,29)/t17-/m0/s1. The summed E-state index contributed by atoms with van der Waals surface area (Å²) in [4.78, 5) is 26.5. The van der Waals surface area contributed by atoms with Gasteiger partial charge in [0.15, 0.2) is 0 Å². The molecule has 194 valence electrons. The Balaban J connectivity index is 1.33. The Labute approximate surface area is 211 Å². The van der Waals surface area contributed by atoms with Crippen LogP contribution in [-0.4, -0.2) is 59.0 Å². The number of aromatic nitrogens is 3. The van der Waals surface area contributed by atoms with Crippen LogP contribution in [0.2, 0.25) is 0 Å². The number of ether oxygens (including phenoxy) is 1. The topological polar surface area (TPSA) is 126 Å². The van der Waals surface area contributed by atoms with Crippen molar-refractivity contribution in [3.05, 3.63) is 70.8 Å². The number of nitrogens with one attached hydrogen (secondary N) is 1. The van der Waals surface area contributed by atoms with E-state index in [0.29, 0.717) is 29.8 Å². The summed E-state index contributed by atoms with van der Waals surface area (Å²) in [6.45, 7) is -0.385. The van der Waals surface area contributed by atoms with Crippen LogP contribution in [-0.2, 0) is 39.4 Å². The van der Waals surface area contributed by atoms with Gasteiger partial charge in [-0.25, -0.2) is 17.2 Å². The van der Waals surface area contributed by atoms with E-state index in [2.05, 4.69) is 15.4 Å². The van der Waals surface area contributed by atoms with Gasteiger partial charge in [0, 0.05) is 12.6 Å². The molecule has 1 N–H and O–H groups in total. The van der Waals surface area contributed by atoms with E-state index in [1.54, 1.807) is 0 Å². The average Bonchev–Trinajstić information content (AvgIpc) is 3.61. The molecule has 0 saturated carbocycles. The molecule has 5 rings (SSSR count). The van der Waals surface area contributed by atoms with Crippen LogP contribution in [0.3, 0.4) is 0 Å². The molecular formula is C24H23F2N5O5S. The fourth-order valence-electron chi connectivity index (χ4n) is 4.58. The molecule has 1 atom stereocenters. The zero-order chi connectivity index (χ0) is 26.2. The van der Waals surface area contributed by atoms with Crippen molar-refractivity contribution in [3.63, 3.8) is 0 Å². The molecule has 1 fully saturated rings. The Morgan fingerprint density at radius 2 is 1.92 bits per heavy atom. The molecule has 0 aliphatic carbocycles. The van der Waals surface area contributed by atoms with Gasteiger partial charge in [-0.1, -0.05) is 17.3 Å². The minimum atomic E-state index is -3.99.